The Kier molecular flexibility index (Phi) is 3.69. The Bertz CT molecular complexity index is 667. The van der Waals surface area contributed by atoms with Crippen LogP contribution in [0.15, 0.2) is 30.3 Å². The molecule has 2 aromatic rings. The van der Waals surface area contributed by atoms with E-state index < -0.39 is 17.8 Å². The molecule has 4 N–H and O–H groups in total. The Morgan fingerprint density at radius 3 is 2.50 bits per heavy atom. The summed E-state index contributed by atoms with van der Waals surface area (Å²) in [5, 5.41) is 13.6. The van der Waals surface area contributed by atoms with Gasteiger partial charge in [-0.2, -0.15) is 0 Å². The highest BCUT2D eigenvalue weighted by molar-refractivity contribution is 6.04. The molecule has 7 heteroatoms. The van der Waals surface area contributed by atoms with E-state index in [2.05, 4.69) is 15.6 Å². The minimum atomic E-state index is -1.20. The second kappa shape index (κ2) is 5.43. The standard InChI is InChI=1S/C13H12FN3O3/c1-7-6-10(11(15-7)12(18)19)17-13(20)16-9-5-3-2-4-8(9)14/h2-6,15H,1H3,(H,18,19)(H2,16,17,20). The van der Waals surface area contributed by atoms with Crippen LogP contribution in [0.5, 0.6) is 0 Å². The average Bonchev–Trinajstić information content (AvgIpc) is 2.73. The van der Waals surface area contributed by atoms with Gasteiger partial charge in [-0.3, -0.25) is 0 Å². The summed E-state index contributed by atoms with van der Waals surface area (Å²) < 4.78 is 13.4. The molecule has 0 aliphatic rings. The second-order valence-electron chi connectivity index (χ2n) is 4.11. The number of rotatable bonds is 3. The molecule has 6 nitrogen and oxygen atoms in total. The molecule has 0 fully saturated rings. The van der Waals surface area contributed by atoms with Crippen molar-refractivity contribution in [3.8, 4) is 0 Å². The van der Waals surface area contributed by atoms with E-state index in [0.717, 1.165) is 0 Å². The van der Waals surface area contributed by atoms with Crippen molar-refractivity contribution in [2.24, 2.45) is 0 Å². The first kappa shape index (κ1) is 13.6. The van der Waals surface area contributed by atoms with Crippen molar-refractivity contribution in [3.05, 3.63) is 47.5 Å². The summed E-state index contributed by atoms with van der Waals surface area (Å²) in [6.45, 7) is 1.66. The van der Waals surface area contributed by atoms with Gasteiger partial charge in [-0.05, 0) is 25.1 Å². The van der Waals surface area contributed by atoms with Crippen LogP contribution in [0.2, 0.25) is 0 Å². The number of amides is 2. The van der Waals surface area contributed by atoms with Gasteiger partial charge < -0.3 is 20.7 Å². The molecule has 1 aromatic heterocycles. The van der Waals surface area contributed by atoms with Crippen LogP contribution >= 0.6 is 0 Å². The van der Waals surface area contributed by atoms with Crippen LogP contribution in [0.4, 0.5) is 20.6 Å². The molecule has 104 valence electrons. The molecule has 1 aromatic carbocycles. The van der Waals surface area contributed by atoms with Crippen LogP contribution in [0.25, 0.3) is 0 Å². The molecule has 0 bridgehead atoms. The zero-order chi connectivity index (χ0) is 14.7. The number of para-hydroxylation sites is 1. The number of aromatic nitrogens is 1. The number of H-pyrrole nitrogens is 1. The van der Waals surface area contributed by atoms with Gasteiger partial charge in [0.15, 0.2) is 0 Å². The van der Waals surface area contributed by atoms with Crippen LogP contribution in [0.3, 0.4) is 0 Å². The van der Waals surface area contributed by atoms with Gasteiger partial charge in [0.25, 0.3) is 0 Å². The summed E-state index contributed by atoms with van der Waals surface area (Å²) >= 11 is 0. The van der Waals surface area contributed by atoms with Gasteiger partial charge in [-0.1, -0.05) is 12.1 Å². The molecule has 1 heterocycles. The van der Waals surface area contributed by atoms with E-state index in [9.17, 15) is 14.0 Å². The highest BCUT2D eigenvalue weighted by Crippen LogP contribution is 2.18. The molecule has 0 spiro atoms. The average molecular weight is 277 g/mol. The van der Waals surface area contributed by atoms with E-state index in [4.69, 9.17) is 5.11 Å². The van der Waals surface area contributed by atoms with Gasteiger partial charge in [0.1, 0.15) is 11.5 Å². The molecule has 2 rings (SSSR count). The Morgan fingerprint density at radius 1 is 1.20 bits per heavy atom. The highest BCUT2D eigenvalue weighted by Gasteiger charge is 2.15. The van der Waals surface area contributed by atoms with Crippen LogP contribution in [0, 0.1) is 12.7 Å². The third kappa shape index (κ3) is 2.94. The number of hydrogen-bond acceptors (Lipinski definition) is 2. The van der Waals surface area contributed by atoms with E-state index >= 15 is 0 Å². The van der Waals surface area contributed by atoms with Crippen molar-refractivity contribution < 1.29 is 19.1 Å². The number of aryl methyl sites for hydroxylation is 1. The minimum absolute atomic E-state index is 0.00846. The number of carboxylic acid groups (broad SMARTS) is 1. The largest absolute Gasteiger partial charge is 0.477 e. The number of urea groups is 1. The number of halogens is 1. The van der Waals surface area contributed by atoms with E-state index in [1.54, 1.807) is 13.0 Å². The second-order valence-corrected chi connectivity index (χ2v) is 4.11. The number of carboxylic acids is 1. The lowest BCUT2D eigenvalue weighted by atomic mass is 10.3. The minimum Gasteiger partial charge on any atom is -0.477 e. The van der Waals surface area contributed by atoms with Gasteiger partial charge >= 0.3 is 12.0 Å². The number of aromatic carboxylic acids is 1. The van der Waals surface area contributed by atoms with Gasteiger partial charge in [0.05, 0.1) is 11.4 Å². The Hall–Kier alpha value is -2.83. The zero-order valence-corrected chi connectivity index (χ0v) is 10.5. The van der Waals surface area contributed by atoms with Crippen LogP contribution < -0.4 is 10.6 Å². The summed E-state index contributed by atoms with van der Waals surface area (Å²) in [6.07, 6.45) is 0. The van der Waals surface area contributed by atoms with Crippen LogP contribution in [-0.2, 0) is 0 Å². The third-order valence-corrected chi connectivity index (χ3v) is 2.54. The molecule has 2 amide bonds. The highest BCUT2D eigenvalue weighted by atomic mass is 19.1. The van der Waals surface area contributed by atoms with Gasteiger partial charge in [-0.25, -0.2) is 14.0 Å². The fourth-order valence-corrected chi connectivity index (χ4v) is 1.69. The first-order valence-corrected chi connectivity index (χ1v) is 5.73. The van der Waals surface area contributed by atoms with E-state index in [-0.39, 0.29) is 17.1 Å². The zero-order valence-electron chi connectivity index (χ0n) is 10.5. The maximum Gasteiger partial charge on any atom is 0.354 e. The summed E-state index contributed by atoms with van der Waals surface area (Å²) in [6, 6.07) is 6.42. The molecule has 0 aliphatic heterocycles. The molecule has 0 saturated heterocycles. The molecule has 0 radical (unpaired) electrons. The Balaban J connectivity index is 2.13. The number of anilines is 2. The topological polar surface area (TPSA) is 94.2 Å². The van der Waals surface area contributed by atoms with E-state index in [1.165, 1.54) is 24.3 Å². The molecule has 0 saturated carbocycles. The lowest BCUT2D eigenvalue weighted by Crippen LogP contribution is -2.21. The summed E-state index contributed by atoms with van der Waals surface area (Å²) in [4.78, 5) is 25.3. The lowest BCUT2D eigenvalue weighted by Gasteiger charge is -2.07. The number of nitrogens with one attached hydrogen (secondary N) is 3. The van der Waals surface area contributed by atoms with Crippen molar-refractivity contribution >= 4 is 23.4 Å². The molecular weight excluding hydrogens is 265 g/mol. The molecule has 20 heavy (non-hydrogen) atoms. The van der Waals surface area contributed by atoms with Crippen LogP contribution in [-0.4, -0.2) is 22.1 Å². The van der Waals surface area contributed by atoms with Crippen LogP contribution in [0.1, 0.15) is 16.2 Å². The number of benzene rings is 1. The number of aromatic amines is 1. The number of carbonyl (C=O) groups is 2. The van der Waals surface area contributed by atoms with Crippen molar-refractivity contribution in [1.82, 2.24) is 4.98 Å². The normalized spacial score (nSPS) is 10.1. The Morgan fingerprint density at radius 2 is 1.85 bits per heavy atom. The van der Waals surface area contributed by atoms with Gasteiger partial charge in [0, 0.05) is 5.69 Å². The van der Waals surface area contributed by atoms with Crippen molar-refractivity contribution in [2.45, 2.75) is 6.92 Å². The first-order chi connectivity index (χ1) is 9.47. The van der Waals surface area contributed by atoms with Gasteiger partial charge in [-0.15, -0.1) is 0 Å². The quantitative estimate of drug-likeness (QED) is 0.694. The van der Waals surface area contributed by atoms with Crippen molar-refractivity contribution in [1.29, 1.82) is 0 Å². The summed E-state index contributed by atoms with van der Waals surface area (Å²) in [5.41, 5.74) is 0.577. The van der Waals surface area contributed by atoms with E-state index in [1.807, 2.05) is 0 Å². The maximum atomic E-state index is 13.4. The molecule has 0 atom stereocenters. The fourth-order valence-electron chi connectivity index (χ4n) is 1.69. The Labute approximate surface area is 113 Å². The first-order valence-electron chi connectivity index (χ1n) is 5.73. The smallest absolute Gasteiger partial charge is 0.354 e. The van der Waals surface area contributed by atoms with Crippen molar-refractivity contribution in [2.75, 3.05) is 10.6 Å². The molecular formula is C13H12FN3O3. The SMILES string of the molecule is Cc1cc(NC(=O)Nc2ccccc2F)c(C(=O)O)[nH]1. The maximum absolute atomic E-state index is 13.4. The monoisotopic (exact) mass is 277 g/mol. The summed E-state index contributed by atoms with van der Waals surface area (Å²) in [7, 11) is 0. The summed E-state index contributed by atoms with van der Waals surface area (Å²) in [5.74, 6) is -1.77. The predicted octanol–water partition coefficient (Wildman–Crippen LogP) is 2.80. The lowest BCUT2D eigenvalue weighted by molar-refractivity contribution is 0.0692. The van der Waals surface area contributed by atoms with E-state index in [0.29, 0.717) is 5.69 Å². The number of carbonyl (C=O) groups excluding carboxylic acids is 1. The number of hydrogen-bond donors (Lipinski definition) is 4. The predicted molar refractivity (Wildman–Crippen MR) is 71.5 cm³/mol. The third-order valence-electron chi connectivity index (χ3n) is 2.54. The molecule has 0 unspecified atom stereocenters. The van der Waals surface area contributed by atoms with Gasteiger partial charge in [0.2, 0.25) is 0 Å². The fraction of sp³-hybridized carbons (Fsp3) is 0.0769. The molecule has 0 aliphatic carbocycles. The van der Waals surface area contributed by atoms with Crippen molar-refractivity contribution in [3.63, 3.8) is 0 Å².